The normalized spacial score (nSPS) is 52.8. The second-order valence-corrected chi connectivity index (χ2v) is 11.7. The largest absolute Gasteiger partial charge is 0.389 e. The number of allylic oxidation sites excluding steroid dienone is 2. The molecule has 5 aliphatic rings. The lowest BCUT2D eigenvalue weighted by Gasteiger charge is -2.65. The van der Waals surface area contributed by atoms with E-state index in [9.17, 15) is 10.2 Å². The molecule has 0 radical (unpaired) electrons. The number of aromatic nitrogens is 1. The van der Waals surface area contributed by atoms with E-state index < -0.39 is 47.2 Å². The Labute approximate surface area is 193 Å². The molecule has 3 aliphatic carbocycles. The molecule has 7 heteroatoms. The Balaban J connectivity index is 1.43. The maximum atomic E-state index is 17.0. The molecule has 9 atom stereocenters. The molecule has 6 rings (SSSR count). The first-order valence-corrected chi connectivity index (χ1v) is 12.2. The Morgan fingerprint density at radius 2 is 1.82 bits per heavy atom. The van der Waals surface area contributed by atoms with Crippen molar-refractivity contribution in [3.05, 3.63) is 36.2 Å². The first-order valence-electron chi connectivity index (χ1n) is 12.2. The highest BCUT2D eigenvalue weighted by molar-refractivity contribution is 5.73. The number of hydrogen-bond acceptors (Lipinski definition) is 5. The molecular formula is C26H34F2N2O3. The van der Waals surface area contributed by atoms with Gasteiger partial charge in [0.15, 0.2) is 5.67 Å². The van der Waals surface area contributed by atoms with E-state index in [1.807, 2.05) is 31.1 Å². The number of aliphatic hydroxyl groups is 2. The summed E-state index contributed by atoms with van der Waals surface area (Å²) in [5.74, 6) is -0.0994. The van der Waals surface area contributed by atoms with E-state index in [4.69, 9.17) is 4.74 Å². The van der Waals surface area contributed by atoms with Gasteiger partial charge in [0, 0.05) is 30.8 Å². The number of alkyl halides is 2. The van der Waals surface area contributed by atoms with Crippen LogP contribution in [0.15, 0.2) is 30.6 Å². The highest BCUT2D eigenvalue weighted by Gasteiger charge is 2.82. The molecule has 1 aromatic rings. The maximum absolute atomic E-state index is 17.0. The van der Waals surface area contributed by atoms with Gasteiger partial charge in [-0.3, -0.25) is 4.98 Å². The quantitative estimate of drug-likeness (QED) is 0.708. The lowest BCUT2D eigenvalue weighted by Crippen LogP contribution is -2.78. The third-order valence-corrected chi connectivity index (χ3v) is 10.3. The molecule has 33 heavy (non-hydrogen) atoms. The number of nitrogens with zero attached hydrogens (tertiary/aromatic N) is 2. The molecule has 2 N–H and O–H groups in total. The van der Waals surface area contributed by atoms with Crippen molar-refractivity contribution in [3.63, 3.8) is 0 Å². The highest BCUT2D eigenvalue weighted by atomic mass is 19.2. The Bertz CT molecular complexity index is 1010. The van der Waals surface area contributed by atoms with Gasteiger partial charge >= 0.3 is 0 Å². The summed E-state index contributed by atoms with van der Waals surface area (Å²) in [5, 5.41) is 21.7. The zero-order chi connectivity index (χ0) is 23.4. The van der Waals surface area contributed by atoms with Gasteiger partial charge in [0.05, 0.1) is 6.10 Å². The fourth-order valence-corrected chi connectivity index (χ4v) is 8.51. The minimum absolute atomic E-state index is 0.0994. The third-order valence-electron chi connectivity index (χ3n) is 10.3. The first-order chi connectivity index (χ1) is 15.5. The van der Waals surface area contributed by atoms with Crippen molar-refractivity contribution in [2.24, 2.45) is 11.3 Å². The van der Waals surface area contributed by atoms with Gasteiger partial charge < -0.3 is 19.8 Å². The summed E-state index contributed by atoms with van der Waals surface area (Å²) in [5.41, 5.74) is -4.51. The predicted molar refractivity (Wildman–Crippen MR) is 120 cm³/mol. The SMILES string of the molecule is CN(C)C1CC23CCC4(O2)C2CC=C(c5ccncc5)C2(C)CCC4(F)CC3(F)C(O)C1O. The van der Waals surface area contributed by atoms with E-state index >= 15 is 8.78 Å². The molecule has 5 nitrogen and oxygen atoms in total. The number of hydrogen-bond donors (Lipinski definition) is 2. The lowest BCUT2D eigenvalue weighted by atomic mass is 9.51. The maximum Gasteiger partial charge on any atom is 0.171 e. The van der Waals surface area contributed by atoms with Crippen LogP contribution in [0.5, 0.6) is 0 Å². The molecular weight excluding hydrogens is 426 g/mol. The van der Waals surface area contributed by atoms with Crippen molar-refractivity contribution < 1.29 is 23.7 Å². The zero-order valence-corrected chi connectivity index (χ0v) is 19.6. The first kappa shape index (κ1) is 22.1. The summed E-state index contributed by atoms with van der Waals surface area (Å²) in [6.45, 7) is 2.21. The van der Waals surface area contributed by atoms with Gasteiger partial charge in [0.25, 0.3) is 0 Å². The fraction of sp³-hybridized carbons (Fsp3) is 0.731. The molecule has 0 aromatic carbocycles. The topological polar surface area (TPSA) is 65.8 Å². The molecule has 2 bridgehead atoms. The molecule has 1 aromatic heterocycles. The van der Waals surface area contributed by atoms with E-state index in [0.717, 1.165) is 5.56 Å². The van der Waals surface area contributed by atoms with Crippen LogP contribution in [0.2, 0.25) is 0 Å². The van der Waals surface area contributed by atoms with Crippen LogP contribution < -0.4 is 0 Å². The number of pyridine rings is 1. The summed E-state index contributed by atoms with van der Waals surface area (Å²) in [6.07, 6.45) is 4.93. The number of halogens is 2. The molecule has 2 saturated carbocycles. The summed E-state index contributed by atoms with van der Waals surface area (Å²) in [7, 11) is 3.63. The van der Waals surface area contributed by atoms with E-state index in [2.05, 4.69) is 18.0 Å². The van der Waals surface area contributed by atoms with Crippen molar-refractivity contribution in [3.8, 4) is 0 Å². The van der Waals surface area contributed by atoms with Gasteiger partial charge in [-0.25, -0.2) is 8.78 Å². The number of fused-ring (bicyclic) bond motifs is 1. The van der Waals surface area contributed by atoms with Gasteiger partial charge in [0.2, 0.25) is 0 Å². The molecule has 4 fully saturated rings. The summed E-state index contributed by atoms with van der Waals surface area (Å²) in [4.78, 5) is 5.96. The van der Waals surface area contributed by atoms with Crippen molar-refractivity contribution in [1.29, 1.82) is 0 Å². The zero-order valence-electron chi connectivity index (χ0n) is 19.6. The highest BCUT2D eigenvalue weighted by Crippen LogP contribution is 2.74. The summed E-state index contributed by atoms with van der Waals surface area (Å²) >= 11 is 0. The van der Waals surface area contributed by atoms with E-state index in [-0.39, 0.29) is 24.2 Å². The monoisotopic (exact) mass is 460 g/mol. The van der Waals surface area contributed by atoms with Crippen LogP contribution in [0, 0.1) is 11.3 Å². The third kappa shape index (κ3) is 2.47. The minimum Gasteiger partial charge on any atom is -0.389 e. The molecule has 0 amide bonds. The number of rotatable bonds is 2. The van der Waals surface area contributed by atoms with Gasteiger partial charge in [-0.2, -0.15) is 0 Å². The Kier molecular flexibility index (Phi) is 4.43. The van der Waals surface area contributed by atoms with Crippen LogP contribution in [-0.4, -0.2) is 75.0 Å². The van der Waals surface area contributed by atoms with Crippen LogP contribution in [0.25, 0.3) is 5.57 Å². The van der Waals surface area contributed by atoms with E-state index in [0.29, 0.717) is 25.7 Å². The Hall–Kier alpha value is -1.41. The predicted octanol–water partition coefficient (Wildman–Crippen LogP) is 3.45. The number of likely N-dealkylation sites (N-methyl/N-ethyl adjacent to an activating group) is 1. The Morgan fingerprint density at radius 3 is 2.52 bits per heavy atom. The van der Waals surface area contributed by atoms with Crippen molar-refractivity contribution in [1.82, 2.24) is 9.88 Å². The lowest BCUT2D eigenvalue weighted by molar-refractivity contribution is -0.347. The minimum atomic E-state index is -2.30. The van der Waals surface area contributed by atoms with Crippen molar-refractivity contribution in [2.45, 2.75) is 92.7 Å². The van der Waals surface area contributed by atoms with Gasteiger partial charge in [0.1, 0.15) is 23.0 Å². The molecule has 2 aliphatic heterocycles. The molecule has 2 spiro atoms. The molecule has 2 saturated heterocycles. The van der Waals surface area contributed by atoms with Crippen molar-refractivity contribution in [2.75, 3.05) is 14.1 Å². The number of ether oxygens (including phenoxy) is 1. The second-order valence-electron chi connectivity index (χ2n) is 11.7. The summed E-state index contributed by atoms with van der Waals surface area (Å²) < 4.78 is 40.5. The Morgan fingerprint density at radius 1 is 1.09 bits per heavy atom. The average molecular weight is 461 g/mol. The van der Waals surface area contributed by atoms with Gasteiger partial charge in [-0.05, 0) is 81.3 Å². The van der Waals surface area contributed by atoms with Crippen molar-refractivity contribution >= 4 is 5.57 Å². The standard InChI is InChI=1S/C26H34F2N2O3/c1-22-8-9-23(27)15-25(28)21(32)20(31)18(30(2)3)14-24(25)10-11-26(23,33-24)19(22)5-4-17(22)16-6-12-29-13-7-16/h4,6-7,12-13,18-21,31-32H,5,8-11,14-15H2,1-3H3. The van der Waals surface area contributed by atoms with Crippen LogP contribution >= 0.6 is 0 Å². The molecule has 180 valence electrons. The summed E-state index contributed by atoms with van der Waals surface area (Å²) in [6, 6.07) is 3.55. The molecule has 9 unspecified atom stereocenters. The van der Waals surface area contributed by atoms with Crippen LogP contribution in [-0.2, 0) is 4.74 Å². The fourth-order valence-electron chi connectivity index (χ4n) is 8.51. The molecule has 3 heterocycles. The van der Waals surface area contributed by atoms with Gasteiger partial charge in [-0.1, -0.05) is 13.0 Å². The van der Waals surface area contributed by atoms with Crippen LogP contribution in [0.3, 0.4) is 0 Å². The van der Waals surface area contributed by atoms with Gasteiger partial charge in [-0.15, -0.1) is 0 Å². The second kappa shape index (κ2) is 6.62. The smallest absolute Gasteiger partial charge is 0.171 e. The van der Waals surface area contributed by atoms with Crippen LogP contribution in [0.1, 0.15) is 57.4 Å². The van der Waals surface area contributed by atoms with Crippen LogP contribution in [0.4, 0.5) is 8.78 Å². The van der Waals surface area contributed by atoms with E-state index in [1.165, 1.54) is 5.57 Å². The number of aliphatic hydroxyl groups excluding tert-OH is 2. The average Bonchev–Trinajstić information content (AvgIpc) is 3.33. The van der Waals surface area contributed by atoms with E-state index in [1.54, 1.807) is 12.4 Å².